The monoisotopic (exact) mass is 506 g/mol. The third-order valence-electron chi connectivity index (χ3n) is 5.66. The molecule has 4 atom stereocenters. The van der Waals surface area contributed by atoms with Crippen LogP contribution >= 0.6 is 0 Å². The van der Waals surface area contributed by atoms with Crippen molar-refractivity contribution in [1.29, 1.82) is 0 Å². The lowest BCUT2D eigenvalue weighted by molar-refractivity contribution is 0.00778. The molecule has 35 heavy (non-hydrogen) atoms. The van der Waals surface area contributed by atoms with Gasteiger partial charge in [0.1, 0.15) is 29.8 Å². The smallest absolute Gasteiger partial charge is 0.333 e. The number of nitrogens with one attached hydrogen (secondary N) is 1. The van der Waals surface area contributed by atoms with Crippen LogP contribution in [0.3, 0.4) is 0 Å². The van der Waals surface area contributed by atoms with Crippen molar-refractivity contribution in [3.05, 3.63) is 71.7 Å². The maximum atomic E-state index is 13.1. The zero-order chi connectivity index (χ0) is 25.2. The molecule has 5 N–H and O–H groups in total. The number of hydrogen-bond acceptors (Lipinski definition) is 10. The number of ketones is 1. The summed E-state index contributed by atoms with van der Waals surface area (Å²) in [6.07, 6.45) is 1.69. The predicted octanol–water partition coefficient (Wildman–Crippen LogP) is -0.166. The highest BCUT2D eigenvalue weighted by molar-refractivity contribution is 7.84. The van der Waals surface area contributed by atoms with Crippen LogP contribution in [0.15, 0.2) is 49.1 Å². The average Bonchev–Trinajstić information content (AvgIpc) is 3.39. The van der Waals surface area contributed by atoms with Gasteiger partial charge in [0.25, 0.3) is 0 Å². The Morgan fingerprint density at radius 3 is 2.69 bits per heavy atom. The number of benzene rings is 1. The van der Waals surface area contributed by atoms with Crippen molar-refractivity contribution in [3.8, 4) is 0 Å². The number of anilines is 1. The highest BCUT2D eigenvalue weighted by atomic mass is 32.2. The van der Waals surface area contributed by atoms with Crippen molar-refractivity contribution in [3.63, 3.8) is 0 Å². The van der Waals surface area contributed by atoms with Crippen molar-refractivity contribution < 1.29 is 32.0 Å². The zero-order valence-electron chi connectivity index (χ0n) is 18.2. The topological polar surface area (TPSA) is 183 Å². The summed E-state index contributed by atoms with van der Waals surface area (Å²) >= 11 is 0. The Hall–Kier alpha value is -3.30. The number of aliphatic hydroxyl groups excluding tert-OH is 2. The molecule has 2 heterocycles. The van der Waals surface area contributed by atoms with E-state index in [0.29, 0.717) is 6.54 Å². The van der Waals surface area contributed by atoms with Crippen molar-refractivity contribution in [2.75, 3.05) is 11.9 Å². The Labute approximate surface area is 199 Å². The van der Waals surface area contributed by atoms with E-state index < -0.39 is 46.9 Å². The van der Waals surface area contributed by atoms with E-state index in [1.54, 1.807) is 18.3 Å². The van der Waals surface area contributed by atoms with Gasteiger partial charge in [-0.25, -0.2) is 19.5 Å². The van der Waals surface area contributed by atoms with Crippen LogP contribution in [-0.2, 0) is 21.0 Å². The second kappa shape index (κ2) is 10.1. The van der Waals surface area contributed by atoms with Crippen LogP contribution < -0.4 is 10.5 Å². The maximum absolute atomic E-state index is 13.1. The molecular weight excluding hydrogens is 483 g/mol. The molecule has 1 aliphatic rings. The zero-order valence-corrected chi connectivity index (χ0v) is 19.0. The third-order valence-corrected chi connectivity index (χ3v) is 6.12. The first-order valence-electron chi connectivity index (χ1n) is 10.5. The molecule has 2 aromatic heterocycles. The van der Waals surface area contributed by atoms with Crippen molar-refractivity contribution in [2.24, 2.45) is 11.1 Å². The lowest BCUT2D eigenvalue weighted by Gasteiger charge is -2.19. The van der Waals surface area contributed by atoms with E-state index in [-0.39, 0.29) is 29.3 Å². The normalized spacial score (nSPS) is 22.3. The van der Waals surface area contributed by atoms with E-state index in [1.165, 1.54) is 35.4 Å². The van der Waals surface area contributed by atoms with Crippen LogP contribution in [0.4, 0.5) is 10.2 Å². The van der Waals surface area contributed by atoms with Gasteiger partial charge in [-0.1, -0.05) is 12.1 Å². The molecule has 0 bridgehead atoms. The van der Waals surface area contributed by atoms with E-state index in [0.717, 1.165) is 5.56 Å². The van der Waals surface area contributed by atoms with Crippen LogP contribution in [-0.4, -0.2) is 69.0 Å². The van der Waals surface area contributed by atoms with Crippen LogP contribution in [0.2, 0.25) is 0 Å². The Bertz CT molecular complexity index is 1300. The Morgan fingerprint density at radius 2 is 1.97 bits per heavy atom. The van der Waals surface area contributed by atoms with Gasteiger partial charge in [-0.2, -0.15) is 13.5 Å². The van der Waals surface area contributed by atoms with Crippen LogP contribution in [0, 0.1) is 11.7 Å². The molecule has 3 aromatic rings. The second-order valence-corrected chi connectivity index (χ2v) is 9.37. The molecule has 0 radical (unpaired) electrons. The molecule has 1 saturated carbocycles. The summed E-state index contributed by atoms with van der Waals surface area (Å²) in [4.78, 5) is 21.1. The lowest BCUT2D eigenvalue weighted by atomic mass is 10.1. The van der Waals surface area contributed by atoms with Gasteiger partial charge in [0.05, 0.1) is 30.9 Å². The molecule has 4 rings (SSSR count). The maximum Gasteiger partial charge on any atom is 0.333 e. The summed E-state index contributed by atoms with van der Waals surface area (Å²) in [5.74, 6) is -1.43. The first-order valence-corrected chi connectivity index (χ1v) is 12.0. The summed E-state index contributed by atoms with van der Waals surface area (Å²) in [6, 6.07) is 6.69. The molecule has 0 saturated heterocycles. The standard InChI is InChI=1S/C21H23FN6O6S/c22-14-3-1-12(2-4-14)9-28-6-5-16(27-28)19(30)15-8-24-11-25-21(15)26-17-7-13(18(29)20(17)31)10-34-35(23,32)33/h1-6,8,11,13,17-18,20,29,31H,7,9-10H2,(H2,23,32,33)(H,24,25,26)/t13-,17-,18-,20+/m1/s1. The molecule has 14 heteroatoms. The van der Waals surface area contributed by atoms with Crippen LogP contribution in [0.25, 0.3) is 0 Å². The third kappa shape index (κ3) is 6.04. The molecule has 12 nitrogen and oxygen atoms in total. The van der Waals surface area contributed by atoms with Gasteiger partial charge in [0, 0.05) is 18.3 Å². The number of rotatable bonds is 9. The Morgan fingerprint density at radius 1 is 1.23 bits per heavy atom. The Balaban J connectivity index is 1.47. The summed E-state index contributed by atoms with van der Waals surface area (Å²) in [7, 11) is -4.20. The fraction of sp³-hybridized carbons (Fsp3) is 0.333. The number of hydrogen-bond donors (Lipinski definition) is 4. The summed E-state index contributed by atoms with van der Waals surface area (Å²) in [6.45, 7) is -0.0750. The number of nitrogens with two attached hydrogens (primary N) is 1. The number of nitrogens with zero attached hydrogens (tertiary/aromatic N) is 4. The SMILES string of the molecule is NS(=O)(=O)OC[C@H]1C[C@@H](Nc2ncncc2C(=O)c2ccn(Cc3ccc(F)cc3)n2)[C@H](O)[C@@H]1O. The molecule has 0 unspecified atom stereocenters. The minimum absolute atomic E-state index is 0.0884. The molecule has 0 spiro atoms. The van der Waals surface area contributed by atoms with E-state index in [2.05, 4.69) is 24.6 Å². The average molecular weight is 507 g/mol. The molecule has 0 aliphatic heterocycles. The first-order chi connectivity index (χ1) is 16.6. The van der Waals surface area contributed by atoms with E-state index in [1.807, 2.05) is 0 Å². The minimum Gasteiger partial charge on any atom is -0.390 e. The quantitative estimate of drug-likeness (QED) is 0.284. The van der Waals surface area contributed by atoms with Gasteiger partial charge in [-0.15, -0.1) is 0 Å². The lowest BCUT2D eigenvalue weighted by Crippen LogP contribution is -2.36. The number of carbonyl (C=O) groups is 1. The van der Waals surface area contributed by atoms with E-state index in [4.69, 9.17) is 5.14 Å². The van der Waals surface area contributed by atoms with Crippen molar-refractivity contribution in [2.45, 2.75) is 31.2 Å². The highest BCUT2D eigenvalue weighted by Gasteiger charge is 2.42. The highest BCUT2D eigenvalue weighted by Crippen LogP contribution is 2.30. The van der Waals surface area contributed by atoms with Gasteiger partial charge in [0.2, 0.25) is 5.78 Å². The number of aliphatic hydroxyl groups is 2. The molecular formula is C21H23FN6O6S. The van der Waals surface area contributed by atoms with Crippen LogP contribution in [0.1, 0.15) is 28.0 Å². The summed E-state index contributed by atoms with van der Waals surface area (Å²) in [5.41, 5.74) is 1.01. The first kappa shape index (κ1) is 24.8. The molecule has 186 valence electrons. The fourth-order valence-electron chi connectivity index (χ4n) is 3.89. The predicted molar refractivity (Wildman–Crippen MR) is 120 cm³/mol. The van der Waals surface area contributed by atoms with Gasteiger partial charge in [-0.05, 0) is 30.2 Å². The summed E-state index contributed by atoms with van der Waals surface area (Å²) < 4.78 is 41.3. The van der Waals surface area contributed by atoms with E-state index >= 15 is 0 Å². The summed E-state index contributed by atoms with van der Waals surface area (Å²) in [5, 5.41) is 32.7. The van der Waals surface area contributed by atoms with Gasteiger partial charge in [0.15, 0.2) is 0 Å². The molecule has 0 amide bonds. The van der Waals surface area contributed by atoms with Crippen molar-refractivity contribution in [1.82, 2.24) is 19.7 Å². The number of carbonyl (C=O) groups excluding carboxylic acids is 1. The molecule has 1 fully saturated rings. The molecule has 1 aliphatic carbocycles. The van der Waals surface area contributed by atoms with Gasteiger partial charge >= 0.3 is 10.3 Å². The van der Waals surface area contributed by atoms with Crippen molar-refractivity contribution >= 4 is 21.9 Å². The fourth-order valence-corrected chi connectivity index (χ4v) is 4.25. The number of aromatic nitrogens is 4. The minimum atomic E-state index is -4.20. The van der Waals surface area contributed by atoms with E-state index in [9.17, 15) is 27.8 Å². The van der Waals surface area contributed by atoms with Gasteiger partial charge < -0.3 is 15.5 Å². The van der Waals surface area contributed by atoms with Crippen LogP contribution in [0.5, 0.6) is 0 Å². The van der Waals surface area contributed by atoms with Gasteiger partial charge in [-0.3, -0.25) is 13.7 Å². The largest absolute Gasteiger partial charge is 0.390 e. The number of halogens is 1. The molecule has 1 aromatic carbocycles. The second-order valence-electron chi connectivity index (χ2n) is 8.14. The Kier molecular flexibility index (Phi) is 7.18.